The Kier molecular flexibility index (Phi) is 7.55. The van der Waals surface area contributed by atoms with E-state index in [1.807, 2.05) is 48.5 Å². The highest BCUT2D eigenvalue weighted by Gasteiger charge is 2.21. The van der Waals surface area contributed by atoms with Crippen molar-refractivity contribution in [1.29, 1.82) is 0 Å². The number of benzene rings is 1. The van der Waals surface area contributed by atoms with Crippen molar-refractivity contribution in [2.24, 2.45) is 0 Å². The van der Waals surface area contributed by atoms with Crippen LogP contribution in [0.4, 0.5) is 0 Å². The molecule has 1 unspecified atom stereocenters. The summed E-state index contributed by atoms with van der Waals surface area (Å²) >= 11 is 0. The third-order valence-corrected chi connectivity index (χ3v) is 4.93. The fourth-order valence-electron chi connectivity index (χ4n) is 3.42. The van der Waals surface area contributed by atoms with Crippen molar-refractivity contribution < 1.29 is 9.59 Å². The molecule has 1 aliphatic heterocycles. The maximum absolute atomic E-state index is 12.5. The summed E-state index contributed by atoms with van der Waals surface area (Å²) in [6.45, 7) is 1.41. The van der Waals surface area contributed by atoms with Crippen LogP contribution in [0.15, 0.2) is 54.7 Å². The van der Waals surface area contributed by atoms with Crippen LogP contribution in [-0.2, 0) is 16.0 Å². The molecular weight excluding hydrogens is 352 g/mol. The van der Waals surface area contributed by atoms with Crippen LogP contribution in [0.1, 0.15) is 43.0 Å². The van der Waals surface area contributed by atoms with Crippen LogP contribution in [0.25, 0.3) is 0 Å². The summed E-state index contributed by atoms with van der Waals surface area (Å²) in [7, 11) is 0. The average Bonchev–Trinajstić information content (AvgIpc) is 3.27. The molecule has 1 saturated heterocycles. The summed E-state index contributed by atoms with van der Waals surface area (Å²) in [5, 5.41) is 9.21. The van der Waals surface area contributed by atoms with Gasteiger partial charge in [-0.1, -0.05) is 36.4 Å². The lowest BCUT2D eigenvalue weighted by atomic mass is 10.0. The molecule has 0 bridgehead atoms. The van der Waals surface area contributed by atoms with Crippen LogP contribution in [-0.4, -0.2) is 35.9 Å². The summed E-state index contributed by atoms with van der Waals surface area (Å²) in [6.07, 6.45) is 5.33. The number of nitrogens with zero attached hydrogens (tertiary/aromatic N) is 1. The molecule has 2 amide bonds. The molecule has 0 radical (unpaired) electrons. The quantitative estimate of drug-likeness (QED) is 0.582. The lowest BCUT2D eigenvalue weighted by molar-refractivity contribution is -0.124. The molecular formula is C22H28N4O2. The van der Waals surface area contributed by atoms with E-state index in [0.717, 1.165) is 30.6 Å². The van der Waals surface area contributed by atoms with Crippen molar-refractivity contribution >= 4 is 11.8 Å². The summed E-state index contributed by atoms with van der Waals surface area (Å²) in [5.41, 5.74) is 2.00. The van der Waals surface area contributed by atoms with Crippen molar-refractivity contribution in [1.82, 2.24) is 20.9 Å². The van der Waals surface area contributed by atoms with Gasteiger partial charge in [0.2, 0.25) is 11.8 Å². The monoisotopic (exact) mass is 380 g/mol. The smallest absolute Gasteiger partial charge is 0.237 e. The largest absolute Gasteiger partial charge is 0.355 e. The topological polar surface area (TPSA) is 83.1 Å². The van der Waals surface area contributed by atoms with Gasteiger partial charge in [0.1, 0.15) is 0 Å². The molecule has 1 aromatic heterocycles. The number of aromatic nitrogens is 1. The number of hydrogen-bond donors (Lipinski definition) is 3. The van der Waals surface area contributed by atoms with E-state index >= 15 is 0 Å². The van der Waals surface area contributed by atoms with Gasteiger partial charge in [-0.15, -0.1) is 0 Å². The van der Waals surface area contributed by atoms with Crippen molar-refractivity contribution in [2.75, 3.05) is 13.1 Å². The standard InChI is InChI=1S/C22H28N4O2/c27-21(12-7-15-25-22(28)19-11-6-14-24-19)26-20(17-8-2-1-3-9-17)16-18-10-4-5-13-23-18/h1-5,8-10,13,19-20,24H,6-7,11-12,14-16H2,(H,25,28)(H,26,27)/t19-,20?/m0/s1. The van der Waals surface area contributed by atoms with E-state index in [1.165, 1.54) is 0 Å². The lowest BCUT2D eigenvalue weighted by Gasteiger charge is -2.19. The molecule has 2 aromatic rings. The Morgan fingerprint density at radius 1 is 1.14 bits per heavy atom. The van der Waals surface area contributed by atoms with Crippen LogP contribution in [0.2, 0.25) is 0 Å². The Morgan fingerprint density at radius 2 is 1.96 bits per heavy atom. The first kappa shape index (κ1) is 20.0. The number of hydrogen-bond acceptors (Lipinski definition) is 4. The van der Waals surface area contributed by atoms with E-state index in [9.17, 15) is 9.59 Å². The summed E-state index contributed by atoms with van der Waals surface area (Å²) in [6, 6.07) is 15.5. The molecule has 6 nitrogen and oxygen atoms in total. The molecule has 1 aromatic carbocycles. The number of carbonyl (C=O) groups is 2. The van der Waals surface area contributed by atoms with Gasteiger partial charge in [0, 0.05) is 31.3 Å². The van der Waals surface area contributed by atoms with Gasteiger partial charge < -0.3 is 16.0 Å². The average molecular weight is 380 g/mol. The van der Waals surface area contributed by atoms with Gasteiger partial charge in [0.05, 0.1) is 12.1 Å². The first-order valence-electron chi connectivity index (χ1n) is 9.97. The zero-order valence-electron chi connectivity index (χ0n) is 16.1. The predicted octanol–water partition coefficient (Wildman–Crippen LogP) is 2.13. The molecule has 2 atom stereocenters. The van der Waals surface area contributed by atoms with Crippen LogP contribution in [0.3, 0.4) is 0 Å². The predicted molar refractivity (Wildman–Crippen MR) is 109 cm³/mol. The van der Waals surface area contributed by atoms with Gasteiger partial charge in [0.25, 0.3) is 0 Å². The highest BCUT2D eigenvalue weighted by Crippen LogP contribution is 2.17. The van der Waals surface area contributed by atoms with Crippen LogP contribution in [0.5, 0.6) is 0 Å². The van der Waals surface area contributed by atoms with Crippen LogP contribution in [0, 0.1) is 0 Å². The van der Waals surface area contributed by atoms with Gasteiger partial charge in [-0.3, -0.25) is 14.6 Å². The minimum absolute atomic E-state index is 0.0157. The fraction of sp³-hybridized carbons (Fsp3) is 0.409. The highest BCUT2D eigenvalue weighted by molar-refractivity contribution is 5.82. The Balaban J connectivity index is 1.47. The third-order valence-electron chi connectivity index (χ3n) is 4.93. The fourth-order valence-corrected chi connectivity index (χ4v) is 3.42. The second-order valence-electron chi connectivity index (χ2n) is 7.10. The van der Waals surface area contributed by atoms with E-state index in [0.29, 0.717) is 25.8 Å². The SMILES string of the molecule is O=C(CCCNC(=O)[C@@H]1CCCN1)NC(Cc1ccccn1)c1ccccc1. The molecule has 3 rings (SSSR count). The number of carbonyl (C=O) groups excluding carboxylic acids is 2. The number of rotatable bonds is 9. The van der Waals surface area contributed by atoms with Crippen LogP contribution < -0.4 is 16.0 Å². The van der Waals surface area contributed by atoms with E-state index in [4.69, 9.17) is 0 Å². The molecule has 28 heavy (non-hydrogen) atoms. The van der Waals surface area contributed by atoms with Gasteiger partial charge in [-0.2, -0.15) is 0 Å². The Morgan fingerprint density at radius 3 is 2.68 bits per heavy atom. The summed E-state index contributed by atoms with van der Waals surface area (Å²) < 4.78 is 0. The highest BCUT2D eigenvalue weighted by atomic mass is 16.2. The van der Waals surface area contributed by atoms with Gasteiger partial charge >= 0.3 is 0 Å². The minimum Gasteiger partial charge on any atom is -0.355 e. The molecule has 0 aliphatic carbocycles. The van der Waals surface area contributed by atoms with Crippen LogP contribution >= 0.6 is 0 Å². The molecule has 1 aliphatic rings. The summed E-state index contributed by atoms with van der Waals surface area (Å²) in [4.78, 5) is 28.8. The first-order chi connectivity index (χ1) is 13.7. The zero-order chi connectivity index (χ0) is 19.6. The Hall–Kier alpha value is -2.73. The molecule has 3 N–H and O–H groups in total. The number of amides is 2. The van der Waals surface area contributed by atoms with Crippen molar-refractivity contribution in [3.63, 3.8) is 0 Å². The minimum atomic E-state index is -0.124. The molecule has 0 spiro atoms. The van der Waals surface area contributed by atoms with Gasteiger partial charge in [-0.05, 0) is 43.5 Å². The van der Waals surface area contributed by atoms with Crippen molar-refractivity contribution in [2.45, 2.75) is 44.2 Å². The molecule has 0 saturated carbocycles. The van der Waals surface area contributed by atoms with Gasteiger partial charge in [-0.25, -0.2) is 0 Å². The molecule has 2 heterocycles. The lowest BCUT2D eigenvalue weighted by Crippen LogP contribution is -2.41. The van der Waals surface area contributed by atoms with E-state index in [1.54, 1.807) is 6.20 Å². The van der Waals surface area contributed by atoms with Crippen molar-refractivity contribution in [3.05, 3.63) is 66.0 Å². The Labute approximate surface area is 166 Å². The second-order valence-corrected chi connectivity index (χ2v) is 7.10. The first-order valence-corrected chi connectivity index (χ1v) is 9.97. The summed E-state index contributed by atoms with van der Waals surface area (Å²) in [5.74, 6) is 0.0215. The van der Waals surface area contributed by atoms with E-state index < -0.39 is 0 Å². The van der Waals surface area contributed by atoms with Gasteiger partial charge in [0.15, 0.2) is 0 Å². The number of nitrogens with one attached hydrogen (secondary N) is 3. The normalized spacial score (nSPS) is 17.1. The van der Waals surface area contributed by atoms with Crippen molar-refractivity contribution in [3.8, 4) is 0 Å². The molecule has 6 heteroatoms. The Bertz CT molecular complexity index is 746. The zero-order valence-corrected chi connectivity index (χ0v) is 16.1. The molecule has 1 fully saturated rings. The van der Waals surface area contributed by atoms with E-state index in [-0.39, 0.29) is 23.9 Å². The molecule has 148 valence electrons. The number of pyridine rings is 1. The van der Waals surface area contributed by atoms with E-state index in [2.05, 4.69) is 20.9 Å². The third kappa shape index (κ3) is 6.16. The maximum Gasteiger partial charge on any atom is 0.237 e. The maximum atomic E-state index is 12.5. The second kappa shape index (κ2) is 10.6.